The lowest BCUT2D eigenvalue weighted by Gasteiger charge is -2.07. The van der Waals surface area contributed by atoms with Crippen LogP contribution in [0.3, 0.4) is 0 Å². The van der Waals surface area contributed by atoms with E-state index in [0.29, 0.717) is 6.47 Å². The van der Waals surface area contributed by atoms with E-state index >= 15 is 0 Å². The van der Waals surface area contributed by atoms with E-state index < -0.39 is 0 Å². The van der Waals surface area contributed by atoms with Crippen molar-refractivity contribution in [2.45, 2.75) is 12.8 Å². The molecule has 0 atom stereocenters. The average molecular weight is 287 g/mol. The molecule has 0 aliphatic rings. The van der Waals surface area contributed by atoms with Crippen LogP contribution in [-0.4, -0.2) is 6.47 Å². The molecule has 2 aromatic rings. The lowest BCUT2D eigenvalue weighted by molar-refractivity contribution is -0.123. The molecular formula is C17H15ClO2. The van der Waals surface area contributed by atoms with Crippen LogP contribution < -0.4 is 0 Å². The molecule has 20 heavy (non-hydrogen) atoms. The molecule has 0 amide bonds. The minimum absolute atomic E-state index is 0.436. The van der Waals surface area contributed by atoms with Crippen LogP contribution >= 0.6 is 11.6 Å². The SMILES string of the molecule is O=COC=C(CCc1ccc(Cl)cc1)c1ccccc1. The molecule has 0 bridgehead atoms. The first kappa shape index (κ1) is 14.4. The van der Waals surface area contributed by atoms with E-state index in [2.05, 4.69) is 0 Å². The third kappa shape index (κ3) is 4.25. The topological polar surface area (TPSA) is 26.3 Å². The maximum atomic E-state index is 10.4. The summed E-state index contributed by atoms with van der Waals surface area (Å²) in [5, 5.41) is 0.733. The molecule has 0 unspecified atom stereocenters. The van der Waals surface area contributed by atoms with Crippen molar-refractivity contribution >= 4 is 23.6 Å². The second-order valence-corrected chi connectivity index (χ2v) is 4.80. The fourth-order valence-electron chi connectivity index (χ4n) is 1.96. The van der Waals surface area contributed by atoms with Crippen LogP contribution in [0.4, 0.5) is 0 Å². The molecule has 0 aromatic heterocycles. The zero-order valence-corrected chi connectivity index (χ0v) is 11.7. The largest absolute Gasteiger partial charge is 0.436 e. The monoisotopic (exact) mass is 286 g/mol. The van der Waals surface area contributed by atoms with Crippen LogP contribution in [0, 0.1) is 0 Å². The van der Waals surface area contributed by atoms with Gasteiger partial charge >= 0.3 is 0 Å². The van der Waals surface area contributed by atoms with Gasteiger partial charge in [-0.2, -0.15) is 0 Å². The van der Waals surface area contributed by atoms with Crippen molar-refractivity contribution in [1.29, 1.82) is 0 Å². The van der Waals surface area contributed by atoms with Gasteiger partial charge in [0.2, 0.25) is 0 Å². The second kappa shape index (κ2) is 7.51. The number of rotatable bonds is 6. The van der Waals surface area contributed by atoms with Crippen molar-refractivity contribution in [1.82, 2.24) is 0 Å². The Kier molecular flexibility index (Phi) is 5.39. The number of aryl methyl sites for hydroxylation is 1. The van der Waals surface area contributed by atoms with Crippen LogP contribution in [0.5, 0.6) is 0 Å². The molecule has 0 saturated carbocycles. The Hall–Kier alpha value is -2.06. The van der Waals surface area contributed by atoms with Crippen LogP contribution in [0.15, 0.2) is 60.9 Å². The highest BCUT2D eigenvalue weighted by Gasteiger charge is 2.03. The average Bonchev–Trinajstić information content (AvgIpc) is 2.50. The minimum atomic E-state index is 0.436. The number of halogens is 1. The third-order valence-electron chi connectivity index (χ3n) is 3.01. The molecule has 0 saturated heterocycles. The zero-order chi connectivity index (χ0) is 14.2. The van der Waals surface area contributed by atoms with E-state index in [4.69, 9.17) is 16.3 Å². The molecule has 3 heteroatoms. The van der Waals surface area contributed by atoms with Gasteiger partial charge in [-0.05, 0) is 41.7 Å². The molecule has 0 heterocycles. The maximum absolute atomic E-state index is 10.4. The summed E-state index contributed by atoms with van der Waals surface area (Å²) >= 11 is 5.87. The molecule has 0 fully saturated rings. The van der Waals surface area contributed by atoms with Gasteiger partial charge in [0.15, 0.2) is 0 Å². The standard InChI is InChI=1S/C17H15ClO2/c18-17-10-7-14(8-11-17)6-9-16(12-20-13-19)15-4-2-1-3-5-15/h1-5,7-8,10-13H,6,9H2. The van der Waals surface area contributed by atoms with Crippen LogP contribution in [0.1, 0.15) is 17.5 Å². The number of allylic oxidation sites excluding steroid dienone is 1. The van der Waals surface area contributed by atoms with E-state index in [-0.39, 0.29) is 0 Å². The van der Waals surface area contributed by atoms with Gasteiger partial charge in [0, 0.05) is 5.02 Å². The maximum Gasteiger partial charge on any atom is 0.297 e. The predicted octanol–water partition coefficient (Wildman–Crippen LogP) is 4.49. The Labute approximate surface area is 123 Å². The molecular weight excluding hydrogens is 272 g/mol. The van der Waals surface area contributed by atoms with E-state index in [0.717, 1.165) is 29.0 Å². The van der Waals surface area contributed by atoms with Crippen molar-refractivity contribution in [2.75, 3.05) is 0 Å². The van der Waals surface area contributed by atoms with E-state index in [1.54, 1.807) is 0 Å². The Bertz CT molecular complexity index is 574. The van der Waals surface area contributed by atoms with Gasteiger partial charge in [0.1, 0.15) is 0 Å². The Balaban J connectivity index is 2.09. The highest BCUT2D eigenvalue weighted by Crippen LogP contribution is 2.21. The molecule has 2 rings (SSSR count). The van der Waals surface area contributed by atoms with E-state index in [1.165, 1.54) is 11.8 Å². The van der Waals surface area contributed by atoms with E-state index in [9.17, 15) is 4.79 Å². The van der Waals surface area contributed by atoms with Crippen molar-refractivity contribution in [2.24, 2.45) is 0 Å². The molecule has 0 aliphatic heterocycles. The summed E-state index contributed by atoms with van der Waals surface area (Å²) in [4.78, 5) is 10.4. The molecule has 0 N–H and O–H groups in total. The van der Waals surface area contributed by atoms with Gasteiger partial charge < -0.3 is 4.74 Å². The summed E-state index contributed by atoms with van der Waals surface area (Å²) in [5.41, 5.74) is 3.25. The second-order valence-electron chi connectivity index (χ2n) is 4.37. The van der Waals surface area contributed by atoms with Gasteiger partial charge in [-0.25, -0.2) is 0 Å². The van der Waals surface area contributed by atoms with Gasteiger partial charge in [0.05, 0.1) is 6.26 Å². The number of ether oxygens (including phenoxy) is 1. The summed E-state index contributed by atoms with van der Waals surface area (Å²) in [6, 6.07) is 17.7. The predicted molar refractivity (Wildman–Crippen MR) is 81.3 cm³/mol. The van der Waals surface area contributed by atoms with Crippen LogP contribution in [-0.2, 0) is 16.0 Å². The van der Waals surface area contributed by atoms with Crippen molar-refractivity contribution in [3.8, 4) is 0 Å². The summed E-state index contributed by atoms with van der Waals surface area (Å²) in [6.07, 6.45) is 3.16. The Morgan fingerprint density at radius 2 is 1.75 bits per heavy atom. The van der Waals surface area contributed by atoms with Crippen LogP contribution in [0.2, 0.25) is 5.02 Å². The van der Waals surface area contributed by atoms with E-state index in [1.807, 2.05) is 54.6 Å². The lowest BCUT2D eigenvalue weighted by Crippen LogP contribution is -1.91. The first-order chi connectivity index (χ1) is 9.79. The zero-order valence-electron chi connectivity index (χ0n) is 11.0. The van der Waals surface area contributed by atoms with Gasteiger partial charge in [0.25, 0.3) is 6.47 Å². The molecule has 2 aromatic carbocycles. The fourth-order valence-corrected chi connectivity index (χ4v) is 2.09. The van der Waals surface area contributed by atoms with Gasteiger partial charge in [-0.15, -0.1) is 0 Å². The van der Waals surface area contributed by atoms with Crippen LogP contribution in [0.25, 0.3) is 5.57 Å². The smallest absolute Gasteiger partial charge is 0.297 e. The molecule has 2 nitrogen and oxygen atoms in total. The first-order valence-electron chi connectivity index (χ1n) is 6.37. The number of hydrogen-bond acceptors (Lipinski definition) is 2. The van der Waals surface area contributed by atoms with Crippen molar-refractivity contribution in [3.05, 3.63) is 77.0 Å². The molecule has 0 radical (unpaired) electrons. The normalized spacial score (nSPS) is 11.2. The van der Waals surface area contributed by atoms with Crippen molar-refractivity contribution in [3.63, 3.8) is 0 Å². The first-order valence-corrected chi connectivity index (χ1v) is 6.75. The number of carbonyl (C=O) groups is 1. The van der Waals surface area contributed by atoms with Gasteiger partial charge in [-0.3, -0.25) is 4.79 Å². The highest BCUT2D eigenvalue weighted by atomic mass is 35.5. The molecule has 0 spiro atoms. The number of benzene rings is 2. The fraction of sp³-hybridized carbons (Fsp3) is 0.118. The molecule has 0 aliphatic carbocycles. The van der Waals surface area contributed by atoms with Crippen molar-refractivity contribution < 1.29 is 9.53 Å². The third-order valence-corrected chi connectivity index (χ3v) is 3.26. The molecule has 102 valence electrons. The number of hydrogen-bond donors (Lipinski definition) is 0. The summed E-state index contributed by atoms with van der Waals surface area (Å²) < 4.78 is 4.79. The Morgan fingerprint density at radius 1 is 1.05 bits per heavy atom. The Morgan fingerprint density at radius 3 is 2.40 bits per heavy atom. The highest BCUT2D eigenvalue weighted by molar-refractivity contribution is 6.30. The summed E-state index contributed by atoms with van der Waals surface area (Å²) in [5.74, 6) is 0. The minimum Gasteiger partial charge on any atom is -0.436 e. The van der Waals surface area contributed by atoms with Gasteiger partial charge in [-0.1, -0.05) is 54.1 Å². The lowest BCUT2D eigenvalue weighted by atomic mass is 9.99. The summed E-state index contributed by atoms with van der Waals surface area (Å²) in [6.45, 7) is 0.436. The quantitative estimate of drug-likeness (QED) is 0.578. The number of carbonyl (C=O) groups excluding carboxylic acids is 1. The summed E-state index contributed by atoms with van der Waals surface area (Å²) in [7, 11) is 0.